The molecule has 0 bridgehead atoms. The number of hydrogen-bond acceptors (Lipinski definition) is 7. The van der Waals surface area contributed by atoms with Gasteiger partial charge in [-0.05, 0) is 43.4 Å². The highest BCUT2D eigenvalue weighted by atomic mass is 16.3. The molecule has 2 aromatic carbocycles. The molecule has 226 valence electrons. The third kappa shape index (κ3) is 7.36. The number of likely N-dealkylation sites (tertiary alicyclic amines) is 1. The molecule has 1 fully saturated rings. The molecular formula is C32H39N7O4. The van der Waals surface area contributed by atoms with E-state index in [2.05, 4.69) is 20.7 Å². The zero-order valence-electron chi connectivity index (χ0n) is 24.5. The number of amides is 2. The van der Waals surface area contributed by atoms with Gasteiger partial charge in [0.15, 0.2) is 5.52 Å². The van der Waals surface area contributed by atoms with Gasteiger partial charge in [0.05, 0.1) is 24.2 Å². The molecule has 1 saturated heterocycles. The van der Waals surface area contributed by atoms with Gasteiger partial charge in [0.25, 0.3) is 5.56 Å². The number of aryl methyl sites for hydroxylation is 2. The maximum atomic E-state index is 13.4. The molecular weight excluding hydrogens is 546 g/mol. The smallest absolute Gasteiger partial charge is 0.281 e. The van der Waals surface area contributed by atoms with Gasteiger partial charge in [0.2, 0.25) is 12.3 Å². The Labute approximate surface area is 250 Å². The van der Waals surface area contributed by atoms with Gasteiger partial charge in [-0.25, -0.2) is 4.98 Å². The second-order valence-electron chi connectivity index (χ2n) is 11.2. The number of carbonyl (C=O) groups is 2. The topological polar surface area (TPSA) is 134 Å². The van der Waals surface area contributed by atoms with Crippen LogP contribution in [0, 0.1) is 0 Å². The minimum absolute atomic E-state index is 0.0834. The summed E-state index contributed by atoms with van der Waals surface area (Å²) in [5.41, 5.74) is 3.26. The summed E-state index contributed by atoms with van der Waals surface area (Å²) in [6.07, 6.45) is 4.95. The van der Waals surface area contributed by atoms with E-state index >= 15 is 0 Å². The zero-order valence-corrected chi connectivity index (χ0v) is 24.5. The van der Waals surface area contributed by atoms with E-state index in [4.69, 9.17) is 0 Å². The lowest BCUT2D eigenvalue weighted by Gasteiger charge is -2.38. The average molecular weight is 586 g/mol. The monoisotopic (exact) mass is 585 g/mol. The molecule has 43 heavy (non-hydrogen) atoms. The van der Waals surface area contributed by atoms with Crippen LogP contribution >= 0.6 is 0 Å². The molecule has 2 amide bonds. The first kappa shape index (κ1) is 30.1. The van der Waals surface area contributed by atoms with Gasteiger partial charge >= 0.3 is 0 Å². The molecule has 0 saturated carbocycles. The summed E-state index contributed by atoms with van der Waals surface area (Å²) >= 11 is 0. The SMILES string of the molecule is Cn1nc2c(=O)n(CC3(O)CCN(C(=O)CCc4ccccc4)CC3)cnc2c1-c1ccc(CNCCCNC=O)cc1. The van der Waals surface area contributed by atoms with Crippen LogP contribution in [0.5, 0.6) is 0 Å². The first-order valence-corrected chi connectivity index (χ1v) is 14.8. The summed E-state index contributed by atoms with van der Waals surface area (Å²) in [5.74, 6) is 0.0834. The van der Waals surface area contributed by atoms with E-state index in [0.717, 1.165) is 35.3 Å². The number of nitrogens with one attached hydrogen (secondary N) is 2. The summed E-state index contributed by atoms with van der Waals surface area (Å²) in [7, 11) is 1.79. The molecule has 1 aliphatic rings. The molecule has 1 aliphatic heterocycles. The Balaban J connectivity index is 1.20. The molecule has 3 N–H and O–H groups in total. The van der Waals surface area contributed by atoms with Crippen molar-refractivity contribution >= 4 is 23.4 Å². The molecule has 11 heteroatoms. The van der Waals surface area contributed by atoms with E-state index in [0.29, 0.717) is 63.8 Å². The van der Waals surface area contributed by atoms with Crippen LogP contribution in [0.15, 0.2) is 65.7 Å². The molecule has 0 unspecified atom stereocenters. The summed E-state index contributed by atoms with van der Waals surface area (Å²) < 4.78 is 3.11. The Kier molecular flexibility index (Phi) is 9.63. The second-order valence-corrected chi connectivity index (χ2v) is 11.2. The van der Waals surface area contributed by atoms with E-state index in [-0.39, 0.29) is 23.5 Å². The maximum absolute atomic E-state index is 13.4. The molecule has 3 heterocycles. The minimum Gasteiger partial charge on any atom is -0.388 e. The Morgan fingerprint density at radius 1 is 1.02 bits per heavy atom. The van der Waals surface area contributed by atoms with Crippen LogP contribution < -0.4 is 16.2 Å². The third-order valence-electron chi connectivity index (χ3n) is 8.11. The van der Waals surface area contributed by atoms with E-state index in [1.54, 1.807) is 11.7 Å². The zero-order chi connectivity index (χ0) is 30.2. The first-order valence-electron chi connectivity index (χ1n) is 14.8. The molecule has 0 aliphatic carbocycles. The highest BCUT2D eigenvalue weighted by molar-refractivity contribution is 5.89. The number of carbonyl (C=O) groups excluding carboxylic acids is 2. The quantitative estimate of drug-likeness (QED) is 0.161. The number of piperidine rings is 1. The maximum Gasteiger partial charge on any atom is 0.281 e. The van der Waals surface area contributed by atoms with Gasteiger partial charge in [-0.3, -0.25) is 23.6 Å². The van der Waals surface area contributed by atoms with Crippen LogP contribution in [0.4, 0.5) is 0 Å². The van der Waals surface area contributed by atoms with Gasteiger partial charge in [0, 0.05) is 45.2 Å². The van der Waals surface area contributed by atoms with Gasteiger partial charge in [0.1, 0.15) is 5.52 Å². The molecule has 0 atom stereocenters. The number of hydrogen-bond donors (Lipinski definition) is 3. The van der Waals surface area contributed by atoms with Crippen LogP contribution in [0.2, 0.25) is 0 Å². The lowest BCUT2D eigenvalue weighted by Crippen LogP contribution is -2.49. The lowest BCUT2D eigenvalue weighted by atomic mass is 9.91. The van der Waals surface area contributed by atoms with E-state index in [1.165, 1.54) is 10.9 Å². The Hall–Kier alpha value is -4.35. The highest BCUT2D eigenvalue weighted by Gasteiger charge is 2.35. The molecule has 4 aromatic rings. The number of fused-ring (bicyclic) bond motifs is 1. The third-order valence-corrected chi connectivity index (χ3v) is 8.11. The van der Waals surface area contributed by atoms with Crippen LogP contribution in [0.3, 0.4) is 0 Å². The minimum atomic E-state index is -1.11. The van der Waals surface area contributed by atoms with E-state index in [1.807, 2.05) is 59.5 Å². The molecule has 2 aromatic heterocycles. The largest absolute Gasteiger partial charge is 0.388 e. The Bertz CT molecular complexity index is 1590. The number of benzene rings is 2. The average Bonchev–Trinajstić information content (AvgIpc) is 3.36. The lowest BCUT2D eigenvalue weighted by molar-refractivity contribution is -0.135. The van der Waals surface area contributed by atoms with Crippen LogP contribution in [0.1, 0.15) is 36.8 Å². The summed E-state index contributed by atoms with van der Waals surface area (Å²) in [5, 5.41) is 21.8. The number of aliphatic hydroxyl groups is 1. The highest BCUT2D eigenvalue weighted by Crippen LogP contribution is 2.27. The second kappa shape index (κ2) is 13.7. The predicted octanol–water partition coefficient (Wildman–Crippen LogP) is 2.01. The standard InChI is InChI=1S/C32H39N7O4/c1-37-30(26-11-8-25(9-12-26)20-33-16-5-17-34-23-40)28-29(36-37)31(42)39(22-35-28)21-32(43)14-18-38(19-15-32)27(41)13-10-24-6-3-2-4-7-24/h2-4,6-9,11-12,22-23,33,43H,5,10,13-21H2,1H3,(H,34,40). The molecule has 5 rings (SSSR count). The normalized spacial score (nSPS) is 14.6. The van der Waals surface area contributed by atoms with Crippen molar-refractivity contribution in [1.29, 1.82) is 0 Å². The van der Waals surface area contributed by atoms with Crippen LogP contribution in [0.25, 0.3) is 22.3 Å². The number of rotatable bonds is 13. The van der Waals surface area contributed by atoms with Crippen molar-refractivity contribution in [2.24, 2.45) is 7.05 Å². The van der Waals surface area contributed by atoms with Crippen molar-refractivity contribution in [1.82, 2.24) is 34.9 Å². The van der Waals surface area contributed by atoms with Gasteiger partial charge in [-0.1, -0.05) is 54.6 Å². The van der Waals surface area contributed by atoms with Crippen LogP contribution in [-0.2, 0) is 36.1 Å². The van der Waals surface area contributed by atoms with E-state index in [9.17, 15) is 19.5 Å². The van der Waals surface area contributed by atoms with Crippen molar-refractivity contribution in [2.45, 2.75) is 50.8 Å². The molecule has 0 radical (unpaired) electrons. The van der Waals surface area contributed by atoms with Gasteiger partial charge in [-0.15, -0.1) is 0 Å². The van der Waals surface area contributed by atoms with Gasteiger partial charge < -0.3 is 20.6 Å². The summed E-state index contributed by atoms with van der Waals surface area (Å²) in [6.45, 7) is 3.15. The Morgan fingerprint density at radius 2 is 1.77 bits per heavy atom. The number of aromatic nitrogens is 4. The van der Waals surface area contributed by atoms with Crippen molar-refractivity contribution in [3.63, 3.8) is 0 Å². The fourth-order valence-corrected chi connectivity index (χ4v) is 5.62. The molecule has 0 spiro atoms. The molecule has 11 nitrogen and oxygen atoms in total. The summed E-state index contributed by atoms with van der Waals surface area (Å²) in [6, 6.07) is 18.0. The van der Waals surface area contributed by atoms with Crippen molar-refractivity contribution in [2.75, 3.05) is 26.2 Å². The summed E-state index contributed by atoms with van der Waals surface area (Å²) in [4.78, 5) is 42.9. The van der Waals surface area contributed by atoms with Gasteiger partial charge in [-0.2, -0.15) is 5.10 Å². The Morgan fingerprint density at radius 3 is 2.49 bits per heavy atom. The number of nitrogens with zero attached hydrogens (tertiary/aromatic N) is 5. The fraction of sp³-hybridized carbons (Fsp3) is 0.406. The van der Waals surface area contributed by atoms with Crippen LogP contribution in [-0.4, -0.2) is 73.4 Å². The van der Waals surface area contributed by atoms with Crippen molar-refractivity contribution < 1.29 is 14.7 Å². The first-order chi connectivity index (χ1) is 20.9. The van der Waals surface area contributed by atoms with Crippen molar-refractivity contribution in [3.05, 3.63) is 82.4 Å². The van der Waals surface area contributed by atoms with E-state index < -0.39 is 5.60 Å². The van der Waals surface area contributed by atoms with Crippen molar-refractivity contribution in [3.8, 4) is 11.3 Å². The fourth-order valence-electron chi connectivity index (χ4n) is 5.62. The predicted molar refractivity (Wildman–Crippen MR) is 164 cm³/mol.